The van der Waals surface area contributed by atoms with Crippen LogP contribution in [0.3, 0.4) is 0 Å². The fourth-order valence-corrected chi connectivity index (χ4v) is 1.59. The molecular weight excluding hydrogens is 282 g/mol. The van der Waals surface area contributed by atoms with Crippen LogP contribution in [-0.4, -0.2) is 16.9 Å². The Kier molecular flexibility index (Phi) is 4.13. The molecule has 0 aliphatic rings. The van der Waals surface area contributed by atoms with E-state index in [1.54, 1.807) is 0 Å². The Morgan fingerprint density at radius 3 is 2.14 bits per heavy atom. The van der Waals surface area contributed by atoms with E-state index >= 15 is 0 Å². The predicted molar refractivity (Wildman–Crippen MR) is 69.4 cm³/mol. The number of phenols is 1. The van der Waals surface area contributed by atoms with Crippen molar-refractivity contribution in [3.05, 3.63) is 65.2 Å². The molecule has 0 heterocycles. The van der Waals surface area contributed by atoms with E-state index in [2.05, 4.69) is 0 Å². The van der Waals surface area contributed by atoms with Gasteiger partial charge >= 0.3 is 0 Å². The van der Waals surface area contributed by atoms with E-state index in [0.29, 0.717) is 6.07 Å². The minimum absolute atomic E-state index is 0.0580. The van der Waals surface area contributed by atoms with E-state index in [-0.39, 0.29) is 11.3 Å². The molecule has 0 spiro atoms. The second-order valence-corrected chi connectivity index (χ2v) is 4.05. The largest absolute Gasteiger partial charge is 0.507 e. The summed E-state index contributed by atoms with van der Waals surface area (Å²) in [5.41, 5.74) is 3.51. The van der Waals surface area contributed by atoms with E-state index in [4.69, 9.17) is 0 Å². The molecule has 0 bridgehead atoms. The number of amides is 2. The zero-order valence-electron chi connectivity index (χ0n) is 10.6. The molecule has 0 saturated heterocycles. The molecule has 0 atom stereocenters. The summed E-state index contributed by atoms with van der Waals surface area (Å²) in [6.07, 6.45) is 0. The fourth-order valence-electron chi connectivity index (χ4n) is 1.59. The smallest absolute Gasteiger partial charge is 0.273 e. The minimum Gasteiger partial charge on any atom is -0.507 e. The molecule has 3 N–H and O–H groups in total. The van der Waals surface area contributed by atoms with Gasteiger partial charge in [0.15, 0.2) is 0 Å². The van der Waals surface area contributed by atoms with Crippen molar-refractivity contribution >= 4 is 11.8 Å². The molecule has 21 heavy (non-hydrogen) atoms. The Bertz CT molecular complexity index is 704. The number of carbonyl (C=O) groups excluding carboxylic acids is 2. The predicted octanol–water partition coefficient (Wildman–Crippen LogP) is 1.75. The van der Waals surface area contributed by atoms with Crippen LogP contribution in [0.2, 0.25) is 0 Å². The summed E-state index contributed by atoms with van der Waals surface area (Å²) < 4.78 is 26.1. The topological polar surface area (TPSA) is 78.4 Å². The number of hydrogen-bond donors (Lipinski definition) is 3. The Hall–Kier alpha value is -2.96. The van der Waals surface area contributed by atoms with Crippen molar-refractivity contribution in [1.82, 2.24) is 10.9 Å². The first-order valence-electron chi connectivity index (χ1n) is 5.83. The van der Waals surface area contributed by atoms with Crippen molar-refractivity contribution in [2.45, 2.75) is 0 Å². The normalized spacial score (nSPS) is 10.0. The standard InChI is InChI=1S/C14H10F2N2O3/c15-8-5-6-9(11(16)7-8)13(20)17-18-14(21)10-3-1-2-4-12(10)19/h1-7,19H,(H,17,20)(H,18,21). The number of rotatable bonds is 2. The molecule has 0 unspecified atom stereocenters. The third-order valence-electron chi connectivity index (χ3n) is 2.61. The number of hydrazine groups is 1. The maximum Gasteiger partial charge on any atom is 0.273 e. The number of aromatic hydroxyl groups is 1. The summed E-state index contributed by atoms with van der Waals surface area (Å²) in [5.74, 6) is -3.86. The van der Waals surface area contributed by atoms with Gasteiger partial charge in [-0.15, -0.1) is 0 Å². The van der Waals surface area contributed by atoms with Crippen LogP contribution in [-0.2, 0) is 0 Å². The molecule has 0 radical (unpaired) electrons. The molecule has 2 aromatic rings. The maximum atomic E-state index is 13.4. The van der Waals surface area contributed by atoms with Gasteiger partial charge in [-0.05, 0) is 24.3 Å². The van der Waals surface area contributed by atoms with Crippen LogP contribution in [0, 0.1) is 11.6 Å². The highest BCUT2D eigenvalue weighted by Gasteiger charge is 2.15. The lowest BCUT2D eigenvalue weighted by atomic mass is 10.2. The first kappa shape index (κ1) is 14.4. The van der Waals surface area contributed by atoms with Gasteiger partial charge in [-0.3, -0.25) is 20.4 Å². The van der Waals surface area contributed by atoms with Crippen LogP contribution >= 0.6 is 0 Å². The summed E-state index contributed by atoms with van der Waals surface area (Å²) in [5, 5.41) is 9.46. The van der Waals surface area contributed by atoms with Gasteiger partial charge < -0.3 is 5.11 Å². The van der Waals surface area contributed by atoms with E-state index in [0.717, 1.165) is 12.1 Å². The highest BCUT2D eigenvalue weighted by molar-refractivity contribution is 6.00. The van der Waals surface area contributed by atoms with Crippen molar-refractivity contribution in [1.29, 1.82) is 0 Å². The molecule has 2 amide bonds. The lowest BCUT2D eigenvalue weighted by Gasteiger charge is -2.09. The zero-order valence-corrected chi connectivity index (χ0v) is 10.6. The number of hydrogen-bond acceptors (Lipinski definition) is 3. The Balaban J connectivity index is 2.04. The molecule has 0 aromatic heterocycles. The summed E-state index contributed by atoms with van der Waals surface area (Å²) in [6, 6.07) is 8.12. The average molecular weight is 292 g/mol. The van der Waals surface area contributed by atoms with Crippen LogP contribution < -0.4 is 10.9 Å². The molecule has 0 saturated carbocycles. The van der Waals surface area contributed by atoms with Crippen molar-refractivity contribution < 1.29 is 23.5 Å². The molecule has 2 rings (SSSR count). The monoisotopic (exact) mass is 292 g/mol. The van der Waals surface area contributed by atoms with Gasteiger partial charge in [0, 0.05) is 6.07 Å². The highest BCUT2D eigenvalue weighted by Crippen LogP contribution is 2.14. The van der Waals surface area contributed by atoms with E-state index in [1.165, 1.54) is 24.3 Å². The van der Waals surface area contributed by atoms with Gasteiger partial charge in [0.25, 0.3) is 11.8 Å². The van der Waals surface area contributed by atoms with Crippen LogP contribution in [0.4, 0.5) is 8.78 Å². The quantitative estimate of drug-likeness (QED) is 0.738. The van der Waals surface area contributed by atoms with Crippen molar-refractivity contribution in [2.24, 2.45) is 0 Å². The van der Waals surface area contributed by atoms with E-state index in [9.17, 15) is 23.5 Å². The van der Waals surface area contributed by atoms with Crippen LogP contribution in [0.25, 0.3) is 0 Å². The van der Waals surface area contributed by atoms with E-state index in [1.807, 2.05) is 10.9 Å². The molecule has 0 fully saturated rings. The Morgan fingerprint density at radius 1 is 0.905 bits per heavy atom. The fraction of sp³-hybridized carbons (Fsp3) is 0. The van der Waals surface area contributed by atoms with Gasteiger partial charge in [0.05, 0.1) is 11.1 Å². The van der Waals surface area contributed by atoms with Crippen molar-refractivity contribution in [2.75, 3.05) is 0 Å². The highest BCUT2D eigenvalue weighted by atomic mass is 19.1. The van der Waals surface area contributed by atoms with Crippen LogP contribution in [0.5, 0.6) is 5.75 Å². The van der Waals surface area contributed by atoms with Gasteiger partial charge in [-0.2, -0.15) is 0 Å². The molecular formula is C14H10F2N2O3. The van der Waals surface area contributed by atoms with Crippen LogP contribution in [0.15, 0.2) is 42.5 Å². The lowest BCUT2D eigenvalue weighted by molar-refractivity contribution is 0.0842. The summed E-state index contributed by atoms with van der Waals surface area (Å²) in [6.45, 7) is 0. The number of para-hydroxylation sites is 1. The van der Waals surface area contributed by atoms with Gasteiger partial charge in [-0.1, -0.05) is 12.1 Å². The lowest BCUT2D eigenvalue weighted by Crippen LogP contribution is -2.42. The number of nitrogens with one attached hydrogen (secondary N) is 2. The second-order valence-electron chi connectivity index (χ2n) is 4.05. The molecule has 108 valence electrons. The minimum atomic E-state index is -1.05. The Labute approximate surface area is 118 Å². The first-order chi connectivity index (χ1) is 9.99. The average Bonchev–Trinajstić information content (AvgIpc) is 2.45. The van der Waals surface area contributed by atoms with Gasteiger partial charge in [0.2, 0.25) is 0 Å². The SMILES string of the molecule is O=C(NNC(=O)c1ccc(F)cc1F)c1ccccc1O. The van der Waals surface area contributed by atoms with E-state index < -0.39 is 29.0 Å². The zero-order chi connectivity index (χ0) is 15.4. The van der Waals surface area contributed by atoms with Gasteiger partial charge in [-0.25, -0.2) is 8.78 Å². The summed E-state index contributed by atoms with van der Waals surface area (Å²) >= 11 is 0. The molecule has 7 heteroatoms. The molecule has 0 aliphatic heterocycles. The Morgan fingerprint density at radius 2 is 1.52 bits per heavy atom. The van der Waals surface area contributed by atoms with Crippen molar-refractivity contribution in [3.63, 3.8) is 0 Å². The second kappa shape index (κ2) is 6.00. The molecule has 5 nitrogen and oxygen atoms in total. The van der Waals surface area contributed by atoms with Gasteiger partial charge in [0.1, 0.15) is 17.4 Å². The van der Waals surface area contributed by atoms with Crippen molar-refractivity contribution in [3.8, 4) is 5.75 Å². The number of carbonyl (C=O) groups is 2. The third-order valence-corrected chi connectivity index (χ3v) is 2.61. The first-order valence-corrected chi connectivity index (χ1v) is 5.83. The third kappa shape index (κ3) is 3.33. The number of halogens is 2. The molecule has 2 aromatic carbocycles. The number of benzene rings is 2. The summed E-state index contributed by atoms with van der Waals surface area (Å²) in [7, 11) is 0. The molecule has 0 aliphatic carbocycles. The summed E-state index contributed by atoms with van der Waals surface area (Å²) in [4.78, 5) is 23.3. The van der Waals surface area contributed by atoms with Crippen LogP contribution in [0.1, 0.15) is 20.7 Å². The maximum absolute atomic E-state index is 13.4. The number of phenolic OH excluding ortho intramolecular Hbond substituents is 1.